The molecule has 1 aromatic rings. The summed E-state index contributed by atoms with van der Waals surface area (Å²) in [4.78, 5) is 4.07. The van der Waals surface area contributed by atoms with Crippen LogP contribution >= 0.6 is 15.9 Å². The highest BCUT2D eigenvalue weighted by atomic mass is 79.9. The van der Waals surface area contributed by atoms with E-state index in [4.69, 9.17) is 4.74 Å². The van der Waals surface area contributed by atoms with Gasteiger partial charge in [-0.05, 0) is 53.6 Å². The van der Waals surface area contributed by atoms with Crippen molar-refractivity contribution in [2.24, 2.45) is 5.92 Å². The minimum Gasteiger partial charge on any atom is -0.491 e. The molecule has 0 unspecified atom stereocenters. The van der Waals surface area contributed by atoms with E-state index in [1.54, 1.807) is 12.4 Å². The fourth-order valence-electron chi connectivity index (χ4n) is 2.37. The van der Waals surface area contributed by atoms with Crippen LogP contribution in [-0.2, 0) is 0 Å². The van der Waals surface area contributed by atoms with E-state index in [2.05, 4.69) is 33.2 Å². The monoisotopic (exact) mass is 312 g/mol. The number of hydrogen-bond donors (Lipinski definition) is 1. The summed E-state index contributed by atoms with van der Waals surface area (Å²) in [6, 6.07) is 2.63. The first-order valence-corrected chi connectivity index (χ1v) is 7.50. The van der Waals surface area contributed by atoms with Gasteiger partial charge in [0.25, 0.3) is 0 Å². The lowest BCUT2D eigenvalue weighted by atomic mass is 9.87. The lowest BCUT2D eigenvalue weighted by Crippen LogP contribution is -2.35. The maximum absolute atomic E-state index is 5.64. The van der Waals surface area contributed by atoms with Crippen molar-refractivity contribution >= 4 is 15.9 Å². The number of nitrogens with zero attached hydrogens (tertiary/aromatic N) is 1. The van der Waals surface area contributed by atoms with Gasteiger partial charge in [-0.1, -0.05) is 6.92 Å². The van der Waals surface area contributed by atoms with Gasteiger partial charge < -0.3 is 10.1 Å². The highest BCUT2D eigenvalue weighted by molar-refractivity contribution is 9.10. The molecule has 1 aliphatic carbocycles. The van der Waals surface area contributed by atoms with Gasteiger partial charge in [0.15, 0.2) is 0 Å². The molecule has 18 heavy (non-hydrogen) atoms. The molecule has 0 aliphatic heterocycles. The molecule has 1 aliphatic rings. The molecule has 1 heterocycles. The molecule has 0 amide bonds. The van der Waals surface area contributed by atoms with E-state index in [-0.39, 0.29) is 0 Å². The van der Waals surface area contributed by atoms with Crippen LogP contribution in [0, 0.1) is 5.92 Å². The van der Waals surface area contributed by atoms with Crippen molar-refractivity contribution < 1.29 is 4.74 Å². The normalized spacial score (nSPS) is 23.9. The Labute approximate surface area is 117 Å². The van der Waals surface area contributed by atoms with Gasteiger partial charge in [-0.25, -0.2) is 0 Å². The zero-order valence-corrected chi connectivity index (χ0v) is 12.4. The van der Waals surface area contributed by atoms with Crippen LogP contribution in [-0.4, -0.2) is 24.2 Å². The average Bonchev–Trinajstić information content (AvgIpc) is 2.37. The van der Waals surface area contributed by atoms with Crippen molar-refractivity contribution in [3.8, 4) is 5.75 Å². The average molecular weight is 313 g/mol. The summed E-state index contributed by atoms with van der Waals surface area (Å²) in [5, 5.41) is 3.57. The van der Waals surface area contributed by atoms with Crippen molar-refractivity contribution in [2.45, 2.75) is 38.6 Å². The topological polar surface area (TPSA) is 34.1 Å². The van der Waals surface area contributed by atoms with Crippen molar-refractivity contribution in [3.63, 3.8) is 0 Å². The van der Waals surface area contributed by atoms with Crippen LogP contribution in [0.3, 0.4) is 0 Å². The van der Waals surface area contributed by atoms with Crippen LogP contribution in [0.4, 0.5) is 0 Å². The van der Waals surface area contributed by atoms with Crippen molar-refractivity contribution in [1.29, 1.82) is 0 Å². The van der Waals surface area contributed by atoms with Crippen LogP contribution in [0.2, 0.25) is 0 Å². The van der Waals surface area contributed by atoms with E-state index >= 15 is 0 Å². The number of halogens is 1. The first-order valence-electron chi connectivity index (χ1n) is 6.71. The zero-order valence-electron chi connectivity index (χ0n) is 10.9. The number of pyridine rings is 1. The predicted molar refractivity (Wildman–Crippen MR) is 76.9 cm³/mol. The van der Waals surface area contributed by atoms with E-state index in [1.165, 1.54) is 25.7 Å². The Morgan fingerprint density at radius 2 is 2.11 bits per heavy atom. The summed E-state index contributed by atoms with van der Waals surface area (Å²) in [5.41, 5.74) is 0. The van der Waals surface area contributed by atoms with E-state index in [1.807, 2.05) is 6.07 Å². The van der Waals surface area contributed by atoms with Gasteiger partial charge in [-0.15, -0.1) is 0 Å². The third kappa shape index (κ3) is 4.58. The Balaban J connectivity index is 1.61. The fraction of sp³-hybridized carbons (Fsp3) is 0.643. The summed E-state index contributed by atoms with van der Waals surface area (Å²) < 4.78 is 6.60. The van der Waals surface area contributed by atoms with Gasteiger partial charge in [-0.3, -0.25) is 4.98 Å². The van der Waals surface area contributed by atoms with E-state index in [0.29, 0.717) is 12.6 Å². The van der Waals surface area contributed by atoms with Gasteiger partial charge in [0.1, 0.15) is 12.4 Å². The van der Waals surface area contributed by atoms with Crippen LogP contribution in [0.5, 0.6) is 5.75 Å². The van der Waals surface area contributed by atoms with Gasteiger partial charge >= 0.3 is 0 Å². The largest absolute Gasteiger partial charge is 0.491 e. The second kappa shape index (κ2) is 7.10. The van der Waals surface area contributed by atoms with Crippen LogP contribution in [0.25, 0.3) is 0 Å². The third-order valence-electron chi connectivity index (χ3n) is 3.50. The smallest absolute Gasteiger partial charge is 0.138 e. The zero-order chi connectivity index (χ0) is 12.8. The Morgan fingerprint density at radius 1 is 1.33 bits per heavy atom. The molecule has 0 bridgehead atoms. The maximum Gasteiger partial charge on any atom is 0.138 e. The molecule has 1 N–H and O–H groups in total. The Bertz CT molecular complexity index is 365. The van der Waals surface area contributed by atoms with E-state index in [9.17, 15) is 0 Å². The first kappa shape index (κ1) is 13.8. The summed E-state index contributed by atoms with van der Waals surface area (Å²) in [5.74, 6) is 1.73. The summed E-state index contributed by atoms with van der Waals surface area (Å²) in [7, 11) is 0. The highest BCUT2D eigenvalue weighted by Gasteiger charge is 2.17. The molecule has 2 rings (SSSR count). The number of nitrogens with one attached hydrogen (secondary N) is 1. The number of rotatable bonds is 5. The Kier molecular flexibility index (Phi) is 5.45. The van der Waals surface area contributed by atoms with Crippen LogP contribution < -0.4 is 10.1 Å². The van der Waals surface area contributed by atoms with Crippen LogP contribution in [0.15, 0.2) is 22.9 Å². The fourth-order valence-corrected chi connectivity index (χ4v) is 2.71. The van der Waals surface area contributed by atoms with Gasteiger partial charge in [-0.2, -0.15) is 0 Å². The molecule has 0 spiro atoms. The second-order valence-corrected chi connectivity index (χ2v) is 6.01. The molecule has 0 aromatic carbocycles. The number of ether oxygens (including phenoxy) is 1. The molecule has 0 saturated heterocycles. The minimum absolute atomic E-state index is 0.686. The summed E-state index contributed by atoms with van der Waals surface area (Å²) in [6.45, 7) is 3.95. The standard InChI is InChI=1S/C14H21BrN2O/c1-11-2-4-13(5-3-11)17-6-7-18-14-8-12(15)9-16-10-14/h8-11,13,17H,2-7H2,1H3. The quantitative estimate of drug-likeness (QED) is 0.846. The lowest BCUT2D eigenvalue weighted by molar-refractivity contribution is 0.270. The van der Waals surface area contributed by atoms with E-state index in [0.717, 1.165) is 22.7 Å². The molecular weight excluding hydrogens is 292 g/mol. The van der Waals surface area contributed by atoms with Crippen molar-refractivity contribution in [3.05, 3.63) is 22.9 Å². The SMILES string of the molecule is CC1CCC(NCCOc2cncc(Br)c2)CC1. The Hall–Kier alpha value is -0.610. The maximum atomic E-state index is 5.64. The summed E-state index contributed by atoms with van der Waals surface area (Å²) in [6.07, 6.45) is 8.82. The third-order valence-corrected chi connectivity index (χ3v) is 3.93. The van der Waals surface area contributed by atoms with E-state index < -0.39 is 0 Å². The molecule has 1 fully saturated rings. The first-order chi connectivity index (χ1) is 8.74. The van der Waals surface area contributed by atoms with Gasteiger partial charge in [0, 0.05) is 23.3 Å². The number of hydrogen-bond acceptors (Lipinski definition) is 3. The van der Waals surface area contributed by atoms with Crippen molar-refractivity contribution in [2.75, 3.05) is 13.2 Å². The predicted octanol–water partition coefficient (Wildman–Crippen LogP) is 3.39. The molecule has 0 radical (unpaired) electrons. The highest BCUT2D eigenvalue weighted by Crippen LogP contribution is 2.23. The molecule has 3 nitrogen and oxygen atoms in total. The Morgan fingerprint density at radius 3 is 2.83 bits per heavy atom. The molecular formula is C14H21BrN2O. The molecule has 100 valence electrons. The second-order valence-electron chi connectivity index (χ2n) is 5.10. The van der Waals surface area contributed by atoms with Gasteiger partial charge in [0.2, 0.25) is 0 Å². The lowest BCUT2D eigenvalue weighted by Gasteiger charge is -2.26. The molecule has 1 saturated carbocycles. The van der Waals surface area contributed by atoms with Crippen LogP contribution in [0.1, 0.15) is 32.6 Å². The van der Waals surface area contributed by atoms with Crippen molar-refractivity contribution in [1.82, 2.24) is 10.3 Å². The number of aromatic nitrogens is 1. The molecule has 4 heteroatoms. The molecule has 0 atom stereocenters. The summed E-state index contributed by atoms with van der Waals surface area (Å²) >= 11 is 3.38. The molecule has 1 aromatic heterocycles. The minimum atomic E-state index is 0.686. The van der Waals surface area contributed by atoms with Gasteiger partial charge in [0.05, 0.1) is 6.20 Å².